The number of fused-ring (bicyclic) bond motifs is 3. The van der Waals surface area contributed by atoms with E-state index in [4.69, 9.17) is 9.47 Å². The second-order valence-electron chi connectivity index (χ2n) is 7.00. The first-order valence-electron chi connectivity index (χ1n) is 9.22. The minimum Gasteiger partial charge on any atom is -0.489 e. The predicted molar refractivity (Wildman–Crippen MR) is 93.2 cm³/mol. The maximum atomic E-state index is 5.74. The largest absolute Gasteiger partial charge is 0.489 e. The van der Waals surface area contributed by atoms with Gasteiger partial charge in [0, 0.05) is 38.3 Å². The summed E-state index contributed by atoms with van der Waals surface area (Å²) in [5.41, 5.74) is 1.14. The molecule has 3 heterocycles. The van der Waals surface area contributed by atoms with Gasteiger partial charge in [0.2, 0.25) is 0 Å². The van der Waals surface area contributed by atoms with Gasteiger partial charge in [0.15, 0.2) is 0 Å². The smallest absolute Gasteiger partial charge is 0.139 e. The number of nitrogens with one attached hydrogen (secondary N) is 1. The molecule has 24 heavy (non-hydrogen) atoms. The van der Waals surface area contributed by atoms with Gasteiger partial charge in [0.25, 0.3) is 0 Å². The Morgan fingerprint density at radius 1 is 1.17 bits per heavy atom. The lowest BCUT2D eigenvalue weighted by Gasteiger charge is -2.42. The SMILES string of the molecule is COCCOc1cncc(N2CCCN3C4CCCCC4NC23)c1. The van der Waals surface area contributed by atoms with Crippen LogP contribution in [0.1, 0.15) is 32.1 Å². The third-order valence-electron chi connectivity index (χ3n) is 5.53. The second-order valence-corrected chi connectivity index (χ2v) is 7.00. The molecule has 3 aliphatic rings. The molecule has 1 aliphatic carbocycles. The minimum absolute atomic E-state index is 0.308. The molecule has 2 aliphatic heterocycles. The highest BCUT2D eigenvalue weighted by Gasteiger charge is 2.45. The number of nitrogens with zero attached hydrogens (tertiary/aromatic N) is 3. The van der Waals surface area contributed by atoms with Crippen molar-refractivity contribution in [3.63, 3.8) is 0 Å². The van der Waals surface area contributed by atoms with Crippen molar-refractivity contribution in [2.45, 2.75) is 50.5 Å². The van der Waals surface area contributed by atoms with Crippen molar-refractivity contribution < 1.29 is 9.47 Å². The molecule has 132 valence electrons. The number of anilines is 1. The molecule has 0 amide bonds. The number of hydrogen-bond donors (Lipinski definition) is 1. The summed E-state index contributed by atoms with van der Waals surface area (Å²) >= 11 is 0. The van der Waals surface area contributed by atoms with Crippen molar-refractivity contribution in [2.75, 3.05) is 38.3 Å². The zero-order chi connectivity index (χ0) is 16.4. The maximum Gasteiger partial charge on any atom is 0.139 e. The van der Waals surface area contributed by atoms with Crippen LogP contribution < -0.4 is 15.0 Å². The van der Waals surface area contributed by atoms with E-state index >= 15 is 0 Å². The third kappa shape index (κ3) is 3.10. The average molecular weight is 332 g/mol. The van der Waals surface area contributed by atoms with Gasteiger partial charge < -0.3 is 14.4 Å². The molecule has 6 heteroatoms. The molecule has 1 N–H and O–H groups in total. The van der Waals surface area contributed by atoms with E-state index in [1.54, 1.807) is 13.3 Å². The van der Waals surface area contributed by atoms with Crippen LogP contribution in [0.4, 0.5) is 5.69 Å². The zero-order valence-electron chi connectivity index (χ0n) is 14.5. The van der Waals surface area contributed by atoms with Crippen molar-refractivity contribution in [3.8, 4) is 5.75 Å². The standard InChI is InChI=1S/C18H28N4O2/c1-23-9-10-24-15-11-14(12-19-13-15)21-7-4-8-22-17-6-3-2-5-16(17)20-18(21)22/h11-13,16-18,20H,2-10H2,1H3. The van der Waals surface area contributed by atoms with Crippen molar-refractivity contribution in [3.05, 3.63) is 18.5 Å². The maximum absolute atomic E-state index is 5.74. The van der Waals surface area contributed by atoms with Crippen LogP contribution in [0.25, 0.3) is 0 Å². The fourth-order valence-corrected chi connectivity index (χ4v) is 4.43. The molecule has 1 saturated carbocycles. The Balaban J connectivity index is 1.50. The lowest BCUT2D eigenvalue weighted by molar-refractivity contribution is 0.137. The van der Waals surface area contributed by atoms with Crippen LogP contribution >= 0.6 is 0 Å². The van der Waals surface area contributed by atoms with E-state index in [1.165, 1.54) is 38.6 Å². The van der Waals surface area contributed by atoms with Crippen molar-refractivity contribution in [1.82, 2.24) is 15.2 Å². The fraction of sp³-hybridized carbons (Fsp3) is 0.722. The van der Waals surface area contributed by atoms with Gasteiger partial charge in [-0.1, -0.05) is 12.8 Å². The van der Waals surface area contributed by atoms with Crippen LogP contribution in [0.5, 0.6) is 5.75 Å². The molecular weight excluding hydrogens is 304 g/mol. The molecule has 3 unspecified atom stereocenters. The molecule has 6 nitrogen and oxygen atoms in total. The van der Waals surface area contributed by atoms with Gasteiger partial charge in [-0.15, -0.1) is 0 Å². The second kappa shape index (κ2) is 7.25. The molecule has 3 atom stereocenters. The summed E-state index contributed by atoms with van der Waals surface area (Å²) in [4.78, 5) is 9.52. The molecule has 0 aromatic carbocycles. The summed E-state index contributed by atoms with van der Waals surface area (Å²) in [6.45, 7) is 3.42. The number of aromatic nitrogens is 1. The van der Waals surface area contributed by atoms with E-state index in [1.807, 2.05) is 6.20 Å². The Bertz CT molecular complexity index is 556. The molecule has 0 radical (unpaired) electrons. The van der Waals surface area contributed by atoms with Crippen molar-refractivity contribution in [2.24, 2.45) is 0 Å². The molecule has 1 aromatic heterocycles. The van der Waals surface area contributed by atoms with Crippen molar-refractivity contribution >= 4 is 5.69 Å². The van der Waals surface area contributed by atoms with E-state index in [-0.39, 0.29) is 0 Å². The molecule has 4 rings (SSSR count). The fourth-order valence-electron chi connectivity index (χ4n) is 4.43. The van der Waals surface area contributed by atoms with Gasteiger partial charge in [0.1, 0.15) is 18.6 Å². The van der Waals surface area contributed by atoms with E-state index < -0.39 is 0 Å². The van der Waals surface area contributed by atoms with E-state index in [0.717, 1.165) is 18.0 Å². The molecule has 2 saturated heterocycles. The van der Waals surface area contributed by atoms with Gasteiger partial charge >= 0.3 is 0 Å². The molecule has 0 bridgehead atoms. The van der Waals surface area contributed by atoms with E-state index in [0.29, 0.717) is 31.6 Å². The van der Waals surface area contributed by atoms with Crippen LogP contribution in [-0.2, 0) is 4.74 Å². The minimum atomic E-state index is 0.308. The summed E-state index contributed by atoms with van der Waals surface area (Å²) in [6.07, 6.45) is 10.6. The first-order valence-corrected chi connectivity index (χ1v) is 9.22. The van der Waals surface area contributed by atoms with Crippen LogP contribution in [0, 0.1) is 0 Å². The van der Waals surface area contributed by atoms with Gasteiger partial charge in [-0.2, -0.15) is 0 Å². The summed E-state index contributed by atoms with van der Waals surface area (Å²) < 4.78 is 10.8. The lowest BCUT2D eigenvalue weighted by atomic mass is 9.91. The third-order valence-corrected chi connectivity index (χ3v) is 5.53. The number of rotatable bonds is 5. The highest BCUT2D eigenvalue weighted by Crippen LogP contribution is 2.35. The number of ether oxygens (including phenoxy) is 2. The summed E-state index contributed by atoms with van der Waals surface area (Å²) in [5.74, 6) is 0.817. The van der Waals surface area contributed by atoms with Crippen LogP contribution in [0.3, 0.4) is 0 Å². The van der Waals surface area contributed by atoms with Crippen LogP contribution in [0.15, 0.2) is 18.5 Å². The zero-order valence-corrected chi connectivity index (χ0v) is 14.5. The van der Waals surface area contributed by atoms with E-state index in [9.17, 15) is 0 Å². The van der Waals surface area contributed by atoms with Gasteiger partial charge in [-0.05, 0) is 19.3 Å². The molecule has 1 aromatic rings. The van der Waals surface area contributed by atoms with Gasteiger partial charge in [-0.3, -0.25) is 15.2 Å². The van der Waals surface area contributed by atoms with Gasteiger partial charge in [-0.25, -0.2) is 0 Å². The Kier molecular flexibility index (Phi) is 4.87. The van der Waals surface area contributed by atoms with Gasteiger partial charge in [0.05, 0.1) is 24.7 Å². The number of methoxy groups -OCH3 is 1. The Hall–Kier alpha value is -1.37. The summed E-state index contributed by atoms with van der Waals surface area (Å²) in [7, 11) is 1.69. The lowest BCUT2D eigenvalue weighted by Crippen LogP contribution is -2.56. The number of pyridine rings is 1. The average Bonchev–Trinajstić information content (AvgIpc) is 3.01. The van der Waals surface area contributed by atoms with Crippen LogP contribution in [0.2, 0.25) is 0 Å². The van der Waals surface area contributed by atoms with Crippen molar-refractivity contribution in [1.29, 1.82) is 0 Å². The molecule has 3 fully saturated rings. The molecule has 0 spiro atoms. The Labute approximate surface area is 144 Å². The summed E-state index contributed by atoms with van der Waals surface area (Å²) in [6, 6.07) is 3.47. The first kappa shape index (κ1) is 16.1. The summed E-state index contributed by atoms with van der Waals surface area (Å²) in [5, 5.41) is 3.88. The topological polar surface area (TPSA) is 49.9 Å². The van der Waals surface area contributed by atoms with E-state index in [2.05, 4.69) is 26.2 Å². The molecular formula is C18H28N4O2. The first-order chi connectivity index (χ1) is 11.9. The highest BCUT2D eigenvalue weighted by molar-refractivity contribution is 5.49. The normalized spacial score (nSPS) is 30.0. The quantitative estimate of drug-likeness (QED) is 0.830. The predicted octanol–water partition coefficient (Wildman–Crippen LogP) is 1.82. The Morgan fingerprint density at radius 2 is 2.08 bits per heavy atom. The monoisotopic (exact) mass is 332 g/mol. The Morgan fingerprint density at radius 3 is 3.00 bits per heavy atom. The van der Waals surface area contributed by atoms with Crippen LogP contribution in [-0.4, -0.2) is 61.7 Å². The number of hydrogen-bond acceptors (Lipinski definition) is 6. The highest BCUT2D eigenvalue weighted by atomic mass is 16.5.